The van der Waals surface area contributed by atoms with Crippen LogP contribution in [-0.2, 0) is 9.59 Å². The average molecular weight is 483 g/mol. The molecule has 1 amide bonds. The number of aliphatic hydroxyl groups excluding tert-OH is 1. The fourth-order valence-electron chi connectivity index (χ4n) is 4.75. The van der Waals surface area contributed by atoms with Gasteiger partial charge in [0.1, 0.15) is 23.1 Å². The molecule has 35 heavy (non-hydrogen) atoms. The lowest BCUT2D eigenvalue weighted by atomic mass is 9.94. The van der Waals surface area contributed by atoms with Crippen LogP contribution in [0.5, 0.6) is 11.5 Å². The quantitative estimate of drug-likeness (QED) is 0.346. The monoisotopic (exact) mass is 482 g/mol. The lowest BCUT2D eigenvalue weighted by molar-refractivity contribution is -0.140. The Kier molecular flexibility index (Phi) is 7.40. The number of amides is 1. The Morgan fingerprint density at radius 2 is 1.86 bits per heavy atom. The van der Waals surface area contributed by atoms with E-state index in [0.717, 1.165) is 32.0 Å². The van der Waals surface area contributed by atoms with Crippen molar-refractivity contribution in [2.24, 2.45) is 0 Å². The number of rotatable bonds is 8. The highest BCUT2D eigenvalue weighted by atomic mass is 19.1. The van der Waals surface area contributed by atoms with Crippen LogP contribution < -0.4 is 9.47 Å². The van der Waals surface area contributed by atoms with Gasteiger partial charge in [0.2, 0.25) is 0 Å². The zero-order valence-electron chi connectivity index (χ0n) is 20.3. The summed E-state index contributed by atoms with van der Waals surface area (Å²) >= 11 is 0. The summed E-state index contributed by atoms with van der Waals surface area (Å²) < 4.78 is 25.2. The predicted octanol–water partition coefficient (Wildman–Crippen LogP) is 4.14. The molecule has 2 fully saturated rings. The molecule has 2 aliphatic rings. The van der Waals surface area contributed by atoms with E-state index in [2.05, 4.69) is 4.90 Å². The van der Waals surface area contributed by atoms with Crippen LogP contribution in [0, 0.1) is 5.82 Å². The summed E-state index contributed by atoms with van der Waals surface area (Å²) in [6.07, 6.45) is 2.15. The first-order valence-electron chi connectivity index (χ1n) is 11.9. The van der Waals surface area contributed by atoms with Gasteiger partial charge in [-0.1, -0.05) is 12.1 Å². The second kappa shape index (κ2) is 10.5. The van der Waals surface area contributed by atoms with Crippen molar-refractivity contribution < 1.29 is 28.6 Å². The molecule has 186 valence electrons. The highest BCUT2D eigenvalue weighted by Gasteiger charge is 2.46. The SMILES string of the molecule is COc1ccc(F)cc1/C(O)=C1\C(=O)C(=O)N(CCN2CCCC2)C1c1cccc(OC(C)C)c1. The van der Waals surface area contributed by atoms with Crippen molar-refractivity contribution >= 4 is 17.4 Å². The molecule has 2 aliphatic heterocycles. The molecule has 0 bridgehead atoms. The summed E-state index contributed by atoms with van der Waals surface area (Å²) in [6, 6.07) is 9.99. The van der Waals surface area contributed by atoms with Crippen LogP contribution >= 0.6 is 0 Å². The average Bonchev–Trinajstić information content (AvgIpc) is 3.44. The van der Waals surface area contributed by atoms with E-state index in [0.29, 0.717) is 24.4 Å². The van der Waals surface area contributed by atoms with E-state index in [-0.39, 0.29) is 23.0 Å². The van der Waals surface area contributed by atoms with Gasteiger partial charge < -0.3 is 24.4 Å². The van der Waals surface area contributed by atoms with E-state index in [4.69, 9.17) is 9.47 Å². The molecule has 0 aromatic heterocycles. The number of aliphatic hydroxyl groups is 1. The molecule has 7 nitrogen and oxygen atoms in total. The predicted molar refractivity (Wildman–Crippen MR) is 130 cm³/mol. The van der Waals surface area contributed by atoms with E-state index in [1.165, 1.54) is 24.1 Å². The molecule has 1 atom stereocenters. The van der Waals surface area contributed by atoms with E-state index >= 15 is 0 Å². The van der Waals surface area contributed by atoms with E-state index < -0.39 is 29.3 Å². The van der Waals surface area contributed by atoms with Crippen molar-refractivity contribution in [1.29, 1.82) is 0 Å². The molecule has 1 N–H and O–H groups in total. The van der Waals surface area contributed by atoms with Crippen molar-refractivity contribution in [3.05, 3.63) is 65.0 Å². The first-order valence-corrected chi connectivity index (χ1v) is 11.9. The van der Waals surface area contributed by atoms with Gasteiger partial charge in [-0.3, -0.25) is 9.59 Å². The summed E-state index contributed by atoms with van der Waals surface area (Å²) in [7, 11) is 1.39. The molecule has 0 saturated carbocycles. The lowest BCUT2D eigenvalue weighted by Gasteiger charge is -2.28. The van der Waals surface area contributed by atoms with E-state index in [1.807, 2.05) is 13.8 Å². The lowest BCUT2D eigenvalue weighted by Crippen LogP contribution is -2.37. The first-order chi connectivity index (χ1) is 16.8. The van der Waals surface area contributed by atoms with Gasteiger partial charge in [0.25, 0.3) is 11.7 Å². The van der Waals surface area contributed by atoms with Crippen LogP contribution in [0.3, 0.4) is 0 Å². The molecular formula is C27H31FN2O5. The van der Waals surface area contributed by atoms with Crippen molar-refractivity contribution in [1.82, 2.24) is 9.80 Å². The third-order valence-electron chi connectivity index (χ3n) is 6.36. The molecule has 0 aliphatic carbocycles. The van der Waals surface area contributed by atoms with Gasteiger partial charge in [-0.05, 0) is 75.7 Å². The Bertz CT molecular complexity index is 1140. The summed E-state index contributed by atoms with van der Waals surface area (Å²) in [4.78, 5) is 30.2. The number of carbonyl (C=O) groups is 2. The molecule has 4 rings (SSSR count). The number of halogens is 1. The number of likely N-dealkylation sites (tertiary alicyclic amines) is 2. The van der Waals surface area contributed by atoms with Crippen LogP contribution in [0.1, 0.15) is 43.9 Å². The van der Waals surface area contributed by atoms with Crippen molar-refractivity contribution in [3.8, 4) is 11.5 Å². The summed E-state index contributed by atoms with van der Waals surface area (Å²) in [5, 5.41) is 11.3. The highest BCUT2D eigenvalue weighted by molar-refractivity contribution is 6.46. The standard InChI is InChI=1S/C27H31FN2O5/c1-17(2)35-20-8-6-7-18(15-20)24-23(25(31)21-16-19(28)9-10-22(21)34-3)26(32)27(33)30(24)14-13-29-11-4-5-12-29/h6-10,15-17,24,31H,4-5,11-14H2,1-3H3/b25-23+. The Morgan fingerprint density at radius 3 is 2.54 bits per heavy atom. The number of nitrogens with zero attached hydrogens (tertiary/aromatic N) is 2. The van der Waals surface area contributed by atoms with Gasteiger partial charge in [0.05, 0.1) is 30.4 Å². The molecule has 2 heterocycles. The summed E-state index contributed by atoms with van der Waals surface area (Å²) in [6.45, 7) is 6.66. The number of ether oxygens (including phenoxy) is 2. The normalized spacial score (nSPS) is 20.1. The third kappa shape index (κ3) is 5.17. The molecule has 0 spiro atoms. The third-order valence-corrected chi connectivity index (χ3v) is 6.36. The van der Waals surface area contributed by atoms with E-state index in [9.17, 15) is 19.1 Å². The maximum absolute atomic E-state index is 14.1. The number of hydrogen-bond acceptors (Lipinski definition) is 6. The first kappa shape index (κ1) is 24.7. The molecular weight excluding hydrogens is 451 g/mol. The molecule has 8 heteroatoms. The maximum Gasteiger partial charge on any atom is 0.295 e. The van der Waals surface area contributed by atoms with Crippen LogP contribution in [0.2, 0.25) is 0 Å². The minimum absolute atomic E-state index is 0.0182. The Balaban J connectivity index is 1.82. The molecule has 0 radical (unpaired) electrons. The van der Waals surface area contributed by atoms with Crippen LogP contribution in [0.4, 0.5) is 4.39 Å². The van der Waals surface area contributed by atoms with Crippen LogP contribution in [0.15, 0.2) is 48.0 Å². The van der Waals surface area contributed by atoms with E-state index in [1.54, 1.807) is 24.3 Å². The fraction of sp³-hybridized carbons (Fsp3) is 0.407. The van der Waals surface area contributed by atoms with Gasteiger partial charge in [-0.15, -0.1) is 0 Å². The zero-order valence-corrected chi connectivity index (χ0v) is 20.3. The van der Waals surface area contributed by atoms with Crippen molar-refractivity contribution in [2.75, 3.05) is 33.3 Å². The maximum atomic E-state index is 14.1. The number of Topliss-reactive ketones (excluding diaryl/α,β-unsaturated/α-hetero) is 1. The highest BCUT2D eigenvalue weighted by Crippen LogP contribution is 2.41. The second-order valence-corrected chi connectivity index (χ2v) is 9.12. The molecule has 2 saturated heterocycles. The Hall–Kier alpha value is -3.39. The minimum atomic E-state index is -0.846. The van der Waals surface area contributed by atoms with Crippen LogP contribution in [-0.4, -0.2) is 66.0 Å². The Morgan fingerprint density at radius 1 is 1.11 bits per heavy atom. The smallest absolute Gasteiger partial charge is 0.295 e. The molecule has 2 aromatic rings. The molecule has 1 unspecified atom stereocenters. The fourth-order valence-corrected chi connectivity index (χ4v) is 4.75. The topological polar surface area (TPSA) is 79.3 Å². The Labute approximate surface area is 204 Å². The van der Waals surface area contributed by atoms with Crippen LogP contribution in [0.25, 0.3) is 5.76 Å². The number of benzene rings is 2. The van der Waals surface area contributed by atoms with Crippen molar-refractivity contribution in [3.63, 3.8) is 0 Å². The molecule has 2 aromatic carbocycles. The zero-order chi connectivity index (χ0) is 25.1. The number of hydrogen-bond donors (Lipinski definition) is 1. The minimum Gasteiger partial charge on any atom is -0.507 e. The van der Waals surface area contributed by atoms with Gasteiger partial charge in [-0.2, -0.15) is 0 Å². The summed E-state index contributed by atoms with van der Waals surface area (Å²) in [5.41, 5.74) is 0.548. The van der Waals surface area contributed by atoms with Gasteiger partial charge in [0, 0.05) is 13.1 Å². The van der Waals surface area contributed by atoms with Gasteiger partial charge >= 0.3 is 0 Å². The van der Waals surface area contributed by atoms with Crippen molar-refractivity contribution in [2.45, 2.75) is 38.8 Å². The summed E-state index contributed by atoms with van der Waals surface area (Å²) in [5.74, 6) is -1.78. The number of ketones is 1. The van der Waals surface area contributed by atoms with Gasteiger partial charge in [-0.25, -0.2) is 4.39 Å². The largest absolute Gasteiger partial charge is 0.507 e. The number of methoxy groups -OCH3 is 1. The van der Waals surface area contributed by atoms with Gasteiger partial charge in [0.15, 0.2) is 0 Å². The second-order valence-electron chi connectivity index (χ2n) is 9.12. The number of carbonyl (C=O) groups excluding carboxylic acids is 2.